The summed E-state index contributed by atoms with van der Waals surface area (Å²) in [4.78, 5) is 21.5. The number of amides is 1. The second-order valence-corrected chi connectivity index (χ2v) is 8.05. The molecule has 7 heteroatoms. The second-order valence-electron chi connectivity index (χ2n) is 7.01. The van der Waals surface area contributed by atoms with Crippen LogP contribution in [0.5, 0.6) is 0 Å². The van der Waals surface area contributed by atoms with Crippen LogP contribution in [0.15, 0.2) is 41.8 Å². The molecule has 2 atom stereocenters. The van der Waals surface area contributed by atoms with E-state index in [0.717, 1.165) is 37.5 Å². The van der Waals surface area contributed by atoms with Crippen LogP contribution in [0.1, 0.15) is 18.2 Å². The van der Waals surface area contributed by atoms with Crippen molar-refractivity contribution < 1.29 is 18.8 Å². The lowest BCUT2D eigenvalue weighted by atomic mass is 9.94. The van der Waals surface area contributed by atoms with E-state index in [1.54, 1.807) is 30.6 Å². The molecule has 2 heterocycles. The van der Waals surface area contributed by atoms with Gasteiger partial charge in [0.1, 0.15) is 11.5 Å². The molecule has 28 heavy (non-hydrogen) atoms. The number of carbonyl (C=O) groups is 1. The third kappa shape index (κ3) is 5.38. The summed E-state index contributed by atoms with van der Waals surface area (Å²) in [5.41, 5.74) is 0.136. The second kappa shape index (κ2) is 10.1. The van der Waals surface area contributed by atoms with Gasteiger partial charge in [-0.25, -0.2) is 4.39 Å². The number of anilines is 1. The third-order valence-corrected chi connectivity index (χ3v) is 6.05. The molecule has 152 valence electrons. The predicted octanol–water partition coefficient (Wildman–Crippen LogP) is 3.75. The number of hydrogen-bond acceptors (Lipinski definition) is 5. The predicted molar refractivity (Wildman–Crippen MR) is 109 cm³/mol. The molecule has 5 nitrogen and oxygen atoms in total. The first kappa shape index (κ1) is 20.9. The van der Waals surface area contributed by atoms with Crippen molar-refractivity contribution in [2.24, 2.45) is 5.92 Å². The Labute approximate surface area is 169 Å². The van der Waals surface area contributed by atoms with Crippen LogP contribution < -0.4 is 5.06 Å². The molecule has 0 N–H and O–H groups in total. The number of ether oxygens (including phenoxy) is 1. The van der Waals surface area contributed by atoms with Crippen molar-refractivity contribution in [2.75, 3.05) is 38.4 Å². The molecule has 1 aromatic heterocycles. The normalized spacial score (nSPS) is 20.2. The Morgan fingerprint density at radius 3 is 2.82 bits per heavy atom. The van der Waals surface area contributed by atoms with Gasteiger partial charge in [0.25, 0.3) is 0 Å². The van der Waals surface area contributed by atoms with E-state index in [1.165, 1.54) is 23.9 Å². The number of piperidine rings is 1. The summed E-state index contributed by atoms with van der Waals surface area (Å²) >= 11 is 1.79. The van der Waals surface area contributed by atoms with Gasteiger partial charge in [0.15, 0.2) is 0 Å². The fraction of sp³-hybridized carbons (Fsp3) is 0.476. The molecule has 0 spiro atoms. The lowest BCUT2D eigenvalue weighted by Crippen LogP contribution is -2.47. The van der Waals surface area contributed by atoms with Crippen LogP contribution in [0.3, 0.4) is 0 Å². The monoisotopic (exact) mass is 406 g/mol. The summed E-state index contributed by atoms with van der Waals surface area (Å²) in [6.45, 7) is 4.47. The first-order valence-corrected chi connectivity index (χ1v) is 10.4. The van der Waals surface area contributed by atoms with Gasteiger partial charge in [0.05, 0.1) is 12.7 Å². The quantitative estimate of drug-likeness (QED) is 0.626. The number of para-hydroxylation sites is 1. The zero-order chi connectivity index (χ0) is 19.9. The van der Waals surface area contributed by atoms with E-state index >= 15 is 0 Å². The average Bonchev–Trinajstić information content (AvgIpc) is 3.21. The molecule has 3 rings (SSSR count). The minimum atomic E-state index is -0.482. The molecule has 0 saturated carbocycles. The van der Waals surface area contributed by atoms with Gasteiger partial charge in [-0.15, -0.1) is 11.3 Å². The van der Waals surface area contributed by atoms with Crippen LogP contribution in [0.4, 0.5) is 10.1 Å². The van der Waals surface area contributed by atoms with Crippen LogP contribution in [-0.2, 0) is 20.8 Å². The summed E-state index contributed by atoms with van der Waals surface area (Å²) in [5, 5.41) is 3.15. The highest BCUT2D eigenvalue weighted by atomic mass is 32.1. The van der Waals surface area contributed by atoms with Crippen molar-refractivity contribution in [2.45, 2.75) is 25.9 Å². The minimum absolute atomic E-state index is 0.0199. The maximum Gasteiger partial charge on any atom is 0.247 e. The van der Waals surface area contributed by atoms with Crippen molar-refractivity contribution in [3.63, 3.8) is 0 Å². The SMILES string of the molecule is CO[C@@H]1CN(CCc2cccs2)CC[C@@H]1CON(C(C)=O)c1ccccc1F. The van der Waals surface area contributed by atoms with Gasteiger partial charge in [-0.2, -0.15) is 5.06 Å². The number of hydrogen-bond donors (Lipinski definition) is 0. The Morgan fingerprint density at radius 2 is 2.14 bits per heavy atom. The van der Waals surface area contributed by atoms with E-state index in [-0.39, 0.29) is 23.6 Å². The van der Waals surface area contributed by atoms with Crippen molar-refractivity contribution >= 4 is 22.9 Å². The fourth-order valence-electron chi connectivity index (χ4n) is 3.53. The van der Waals surface area contributed by atoms with Gasteiger partial charge < -0.3 is 9.64 Å². The van der Waals surface area contributed by atoms with Crippen molar-refractivity contribution in [3.8, 4) is 0 Å². The number of benzene rings is 1. The number of carbonyl (C=O) groups excluding carboxylic acids is 1. The average molecular weight is 407 g/mol. The molecule has 1 amide bonds. The fourth-order valence-corrected chi connectivity index (χ4v) is 4.23. The van der Waals surface area contributed by atoms with Gasteiger partial charge in [0, 0.05) is 37.9 Å². The van der Waals surface area contributed by atoms with E-state index in [9.17, 15) is 9.18 Å². The molecule has 0 radical (unpaired) electrons. The molecule has 0 bridgehead atoms. The molecule has 1 aliphatic rings. The molecule has 0 aliphatic carbocycles. The Hall–Kier alpha value is -1.80. The lowest BCUT2D eigenvalue weighted by molar-refractivity contribution is -0.126. The lowest BCUT2D eigenvalue weighted by Gasteiger charge is -2.38. The number of thiophene rings is 1. The minimum Gasteiger partial charge on any atom is -0.380 e. The van der Waals surface area contributed by atoms with Crippen LogP contribution >= 0.6 is 11.3 Å². The smallest absolute Gasteiger partial charge is 0.247 e. The first-order chi connectivity index (χ1) is 13.6. The van der Waals surface area contributed by atoms with E-state index in [1.807, 2.05) is 0 Å². The molecular formula is C21H27FN2O3S. The molecule has 0 unspecified atom stereocenters. The standard InChI is InChI=1S/C21H27FN2O3S/c1-16(25)24(20-8-4-3-7-19(20)22)27-15-17-9-11-23(14-21(17)26-2)12-10-18-6-5-13-28-18/h3-8,13,17,21H,9-12,14-15H2,1-2H3/t17-,21-/m1/s1. The summed E-state index contributed by atoms with van der Waals surface area (Å²) < 4.78 is 19.8. The molecule has 1 aromatic carbocycles. The Balaban J connectivity index is 1.55. The molecule has 2 aromatic rings. The van der Waals surface area contributed by atoms with Crippen molar-refractivity contribution in [1.29, 1.82) is 0 Å². The van der Waals surface area contributed by atoms with Crippen LogP contribution in [0.2, 0.25) is 0 Å². The Bertz CT molecular complexity index is 756. The molecule has 1 fully saturated rings. The van der Waals surface area contributed by atoms with Crippen LogP contribution in [-0.4, -0.2) is 50.3 Å². The molecular weight excluding hydrogens is 379 g/mol. The number of likely N-dealkylation sites (tertiary alicyclic amines) is 1. The number of rotatable bonds is 8. The zero-order valence-corrected chi connectivity index (χ0v) is 17.2. The van der Waals surface area contributed by atoms with Gasteiger partial charge in [0.2, 0.25) is 5.91 Å². The van der Waals surface area contributed by atoms with E-state index in [0.29, 0.717) is 6.61 Å². The topological polar surface area (TPSA) is 42.0 Å². The number of hydroxylamine groups is 1. The van der Waals surface area contributed by atoms with Crippen LogP contribution in [0, 0.1) is 11.7 Å². The summed E-state index contributed by atoms with van der Waals surface area (Å²) in [6, 6.07) is 10.4. The summed E-state index contributed by atoms with van der Waals surface area (Å²) in [6.07, 6.45) is 1.97. The number of halogens is 1. The third-order valence-electron chi connectivity index (χ3n) is 5.11. The maximum absolute atomic E-state index is 14.1. The zero-order valence-electron chi connectivity index (χ0n) is 16.3. The molecule has 1 aliphatic heterocycles. The summed E-state index contributed by atoms with van der Waals surface area (Å²) in [5.74, 6) is -0.687. The summed E-state index contributed by atoms with van der Waals surface area (Å²) in [7, 11) is 1.71. The van der Waals surface area contributed by atoms with Crippen molar-refractivity contribution in [1.82, 2.24) is 4.90 Å². The number of nitrogens with zero attached hydrogens (tertiary/aromatic N) is 2. The van der Waals surface area contributed by atoms with Gasteiger partial charge in [-0.05, 0) is 43.0 Å². The van der Waals surface area contributed by atoms with Gasteiger partial charge in [-0.3, -0.25) is 9.63 Å². The highest BCUT2D eigenvalue weighted by Gasteiger charge is 2.30. The first-order valence-electron chi connectivity index (χ1n) is 9.54. The van der Waals surface area contributed by atoms with E-state index < -0.39 is 5.82 Å². The van der Waals surface area contributed by atoms with Crippen molar-refractivity contribution in [3.05, 3.63) is 52.5 Å². The highest BCUT2D eigenvalue weighted by molar-refractivity contribution is 7.09. The Kier molecular flexibility index (Phi) is 7.56. The van der Waals surface area contributed by atoms with Gasteiger partial charge in [-0.1, -0.05) is 18.2 Å². The largest absolute Gasteiger partial charge is 0.380 e. The molecule has 1 saturated heterocycles. The number of methoxy groups -OCH3 is 1. The van der Waals surface area contributed by atoms with Gasteiger partial charge >= 0.3 is 0 Å². The van der Waals surface area contributed by atoms with Crippen LogP contribution in [0.25, 0.3) is 0 Å². The highest BCUT2D eigenvalue weighted by Crippen LogP contribution is 2.24. The Morgan fingerprint density at radius 1 is 1.32 bits per heavy atom. The van der Waals surface area contributed by atoms with E-state index in [2.05, 4.69) is 22.4 Å². The van der Waals surface area contributed by atoms with E-state index in [4.69, 9.17) is 9.57 Å². The maximum atomic E-state index is 14.1.